The van der Waals surface area contributed by atoms with Crippen LogP contribution in [-0.2, 0) is 19.3 Å². The number of hydrogen-bond donors (Lipinski definition) is 0. The molecular weight excluding hydrogens is 673 g/mol. The van der Waals surface area contributed by atoms with Crippen molar-refractivity contribution < 1.29 is 0 Å². The lowest BCUT2D eigenvalue weighted by atomic mass is 9.89. The molecule has 288 valence electrons. The van der Waals surface area contributed by atoms with Crippen molar-refractivity contribution in [1.29, 1.82) is 0 Å². The summed E-state index contributed by atoms with van der Waals surface area (Å²) in [5.41, 5.74) is 15.2. The van der Waals surface area contributed by atoms with E-state index in [0.717, 1.165) is 19.3 Å². The molecule has 7 aromatic rings. The zero-order valence-corrected chi connectivity index (χ0v) is 35.3. The minimum absolute atomic E-state index is 0.433. The standard InChI is InChI=1S/C22H22.C15H16.C10H14.C9H12/c1-17(19-9-5-3-6-10-19)21-13-15-22(16-14-21)18(2)20-11-7-4-8-12-20;1-12-8-10-15(11-9-12)13(2)14-6-4-3-5-7-14;1-3-9-5-7-10(4-2)8-6-9;1-3-9-6-4-8(2)5-7-9/h3-18H,1-2H3;3-11,13H,1-2H3;5-8H,3-4H2,1-2H3;4-7H,3H2,1-2H3. The third-order valence-corrected chi connectivity index (χ3v) is 10.8. The number of hydrogen-bond acceptors (Lipinski definition) is 0. The zero-order chi connectivity index (χ0) is 40.1. The average molecular weight is 737 g/mol. The normalized spacial score (nSPS) is 11.9. The van der Waals surface area contributed by atoms with Crippen LogP contribution >= 0.6 is 0 Å². The predicted octanol–water partition coefficient (Wildman–Crippen LogP) is 15.5. The van der Waals surface area contributed by atoms with Gasteiger partial charge in [-0.15, -0.1) is 0 Å². The maximum Gasteiger partial charge on any atom is 0.00610 e. The van der Waals surface area contributed by atoms with Crippen molar-refractivity contribution in [3.8, 4) is 0 Å². The number of benzene rings is 7. The molecule has 0 N–H and O–H groups in total. The molecule has 0 aliphatic carbocycles. The molecule has 7 aromatic carbocycles. The summed E-state index contributed by atoms with van der Waals surface area (Å²) in [7, 11) is 0. The molecular formula is C56H64. The summed E-state index contributed by atoms with van der Waals surface area (Å²) in [6.45, 7) is 17.6. The highest BCUT2D eigenvalue weighted by Gasteiger charge is 2.11. The van der Waals surface area contributed by atoms with Gasteiger partial charge in [0.1, 0.15) is 0 Å². The van der Waals surface area contributed by atoms with Gasteiger partial charge in [0.2, 0.25) is 0 Å². The fourth-order valence-electron chi connectivity index (χ4n) is 6.57. The van der Waals surface area contributed by atoms with Crippen molar-refractivity contribution in [2.45, 2.75) is 92.4 Å². The lowest BCUT2D eigenvalue weighted by Crippen LogP contribution is -1.99. The molecule has 0 aliphatic rings. The van der Waals surface area contributed by atoms with Crippen molar-refractivity contribution in [3.05, 3.63) is 249 Å². The Morgan fingerprint density at radius 3 is 0.714 bits per heavy atom. The Bertz CT molecular complexity index is 1950. The van der Waals surface area contributed by atoms with E-state index in [4.69, 9.17) is 0 Å². The fourth-order valence-corrected chi connectivity index (χ4v) is 6.57. The Balaban J connectivity index is 0.000000178. The van der Waals surface area contributed by atoms with Gasteiger partial charge in [0.25, 0.3) is 0 Å². The molecule has 3 unspecified atom stereocenters. The largest absolute Gasteiger partial charge is 0.0622 e. The third kappa shape index (κ3) is 14.0. The van der Waals surface area contributed by atoms with Crippen molar-refractivity contribution in [2.24, 2.45) is 0 Å². The second-order valence-electron chi connectivity index (χ2n) is 14.8. The molecule has 0 saturated heterocycles. The van der Waals surface area contributed by atoms with Gasteiger partial charge in [-0.3, -0.25) is 0 Å². The minimum atomic E-state index is 0.433. The molecule has 0 bridgehead atoms. The van der Waals surface area contributed by atoms with Crippen molar-refractivity contribution in [3.63, 3.8) is 0 Å². The summed E-state index contributed by atoms with van der Waals surface area (Å²) in [6.07, 6.45) is 3.42. The molecule has 0 spiro atoms. The lowest BCUT2D eigenvalue weighted by molar-refractivity contribution is 0.898. The van der Waals surface area contributed by atoms with Crippen molar-refractivity contribution in [1.82, 2.24) is 0 Å². The molecule has 0 fully saturated rings. The minimum Gasteiger partial charge on any atom is -0.0622 e. The van der Waals surface area contributed by atoms with Gasteiger partial charge in [0.05, 0.1) is 0 Å². The van der Waals surface area contributed by atoms with E-state index in [1.165, 1.54) is 61.2 Å². The van der Waals surface area contributed by atoms with E-state index in [0.29, 0.717) is 17.8 Å². The van der Waals surface area contributed by atoms with Crippen LogP contribution in [0.15, 0.2) is 188 Å². The first-order chi connectivity index (χ1) is 27.2. The molecule has 56 heavy (non-hydrogen) atoms. The van der Waals surface area contributed by atoms with E-state index in [1.54, 1.807) is 0 Å². The van der Waals surface area contributed by atoms with E-state index < -0.39 is 0 Å². The molecule has 0 amide bonds. The van der Waals surface area contributed by atoms with Gasteiger partial charge in [0.15, 0.2) is 0 Å². The van der Waals surface area contributed by atoms with Gasteiger partial charge in [-0.05, 0) is 83.2 Å². The van der Waals surface area contributed by atoms with Gasteiger partial charge in [-0.1, -0.05) is 241 Å². The van der Waals surface area contributed by atoms with Gasteiger partial charge in [-0.25, -0.2) is 0 Å². The van der Waals surface area contributed by atoms with Crippen LogP contribution < -0.4 is 0 Å². The average Bonchev–Trinajstić information content (AvgIpc) is 3.28. The van der Waals surface area contributed by atoms with E-state index >= 15 is 0 Å². The van der Waals surface area contributed by atoms with Crippen LogP contribution in [0.3, 0.4) is 0 Å². The fraction of sp³-hybridized carbons (Fsp3) is 0.250. The first-order valence-electron chi connectivity index (χ1n) is 20.7. The van der Waals surface area contributed by atoms with Crippen LogP contribution in [0.4, 0.5) is 0 Å². The SMILES string of the molecule is CC(c1ccccc1)c1ccc(C(C)c2ccccc2)cc1.CCc1ccc(C)cc1.CCc1ccc(CC)cc1.Cc1ccc(C(C)c2ccccc2)cc1. The Hall–Kier alpha value is -5.46. The number of aryl methyl sites for hydroxylation is 5. The van der Waals surface area contributed by atoms with Crippen LogP contribution in [0.2, 0.25) is 0 Å². The summed E-state index contributed by atoms with van der Waals surface area (Å²) < 4.78 is 0. The van der Waals surface area contributed by atoms with Crippen molar-refractivity contribution >= 4 is 0 Å². The first-order valence-corrected chi connectivity index (χ1v) is 20.7. The Morgan fingerprint density at radius 1 is 0.268 bits per heavy atom. The summed E-state index contributed by atoms with van der Waals surface area (Å²) in [4.78, 5) is 0. The van der Waals surface area contributed by atoms with Crippen LogP contribution in [0.1, 0.15) is 120 Å². The smallest absolute Gasteiger partial charge is 0.00610 e. The highest BCUT2D eigenvalue weighted by Crippen LogP contribution is 2.28. The second-order valence-corrected chi connectivity index (χ2v) is 14.8. The van der Waals surface area contributed by atoms with Gasteiger partial charge in [0, 0.05) is 17.8 Å². The summed E-state index contributed by atoms with van der Waals surface area (Å²) in [5.74, 6) is 1.34. The van der Waals surface area contributed by atoms with Gasteiger partial charge < -0.3 is 0 Å². The Kier molecular flexibility index (Phi) is 18.1. The monoisotopic (exact) mass is 737 g/mol. The molecule has 0 aliphatic heterocycles. The molecule has 0 aromatic heterocycles. The Morgan fingerprint density at radius 2 is 0.464 bits per heavy atom. The Labute approximate surface area is 340 Å². The third-order valence-electron chi connectivity index (χ3n) is 10.8. The molecule has 0 heteroatoms. The van der Waals surface area contributed by atoms with Crippen LogP contribution in [-0.4, -0.2) is 0 Å². The highest BCUT2D eigenvalue weighted by molar-refractivity contribution is 5.38. The second kappa shape index (κ2) is 23.5. The first kappa shape index (κ1) is 43.3. The van der Waals surface area contributed by atoms with Crippen LogP contribution in [0.25, 0.3) is 0 Å². The highest BCUT2D eigenvalue weighted by atomic mass is 14.2. The number of rotatable bonds is 9. The summed E-state index contributed by atoms with van der Waals surface area (Å²) in [6, 6.07) is 67.3. The zero-order valence-electron chi connectivity index (χ0n) is 35.3. The predicted molar refractivity (Wildman–Crippen MR) is 245 cm³/mol. The van der Waals surface area contributed by atoms with E-state index in [-0.39, 0.29) is 0 Å². The van der Waals surface area contributed by atoms with Crippen LogP contribution in [0.5, 0.6) is 0 Å². The molecule has 0 radical (unpaired) electrons. The van der Waals surface area contributed by atoms with Crippen molar-refractivity contribution in [2.75, 3.05) is 0 Å². The molecule has 3 atom stereocenters. The van der Waals surface area contributed by atoms with Gasteiger partial charge in [-0.2, -0.15) is 0 Å². The molecule has 0 heterocycles. The summed E-state index contributed by atoms with van der Waals surface area (Å²) >= 11 is 0. The van der Waals surface area contributed by atoms with E-state index in [2.05, 4.69) is 243 Å². The van der Waals surface area contributed by atoms with Crippen LogP contribution in [0, 0.1) is 13.8 Å². The molecule has 7 rings (SSSR count). The maximum absolute atomic E-state index is 2.27. The maximum atomic E-state index is 2.27. The van der Waals surface area contributed by atoms with E-state index in [9.17, 15) is 0 Å². The van der Waals surface area contributed by atoms with Gasteiger partial charge >= 0.3 is 0 Å². The summed E-state index contributed by atoms with van der Waals surface area (Å²) in [5, 5.41) is 0. The molecule has 0 saturated carbocycles. The molecule has 0 nitrogen and oxygen atoms in total. The lowest BCUT2D eigenvalue weighted by Gasteiger charge is -2.16. The topological polar surface area (TPSA) is 0 Å². The quantitative estimate of drug-likeness (QED) is 0.138. The van der Waals surface area contributed by atoms with E-state index in [1.807, 2.05) is 0 Å².